The number of nitrogens with zero attached hydrogens (tertiary/aromatic N) is 2. The maximum absolute atomic E-state index is 6.43. The fourth-order valence-corrected chi connectivity index (χ4v) is 4.24. The molecule has 1 aliphatic rings. The summed E-state index contributed by atoms with van der Waals surface area (Å²) < 4.78 is 0. The van der Waals surface area contributed by atoms with Gasteiger partial charge in [-0.25, -0.2) is 0 Å². The third kappa shape index (κ3) is 3.90. The van der Waals surface area contributed by atoms with E-state index in [2.05, 4.69) is 66.2 Å². The number of hydrogen-bond donors (Lipinski definition) is 1. The van der Waals surface area contributed by atoms with E-state index in [0.29, 0.717) is 6.54 Å². The number of halogens is 1. The Morgan fingerprint density at radius 1 is 1.16 bits per heavy atom. The van der Waals surface area contributed by atoms with E-state index >= 15 is 0 Å². The Morgan fingerprint density at radius 2 is 1.84 bits per heavy atom. The molecular formula is C21H28ClN3. The van der Waals surface area contributed by atoms with E-state index < -0.39 is 0 Å². The first-order chi connectivity index (χ1) is 12.1. The first kappa shape index (κ1) is 18.4. The number of likely N-dealkylation sites (N-methyl/N-ethyl adjacent to an activating group) is 1. The van der Waals surface area contributed by atoms with Crippen molar-refractivity contribution in [3.05, 3.63) is 70.7 Å². The highest BCUT2D eigenvalue weighted by molar-refractivity contribution is 6.31. The largest absolute Gasteiger partial charge is 0.329 e. The number of nitrogens with two attached hydrogens (primary N) is 1. The third-order valence-corrected chi connectivity index (χ3v) is 6.07. The van der Waals surface area contributed by atoms with Gasteiger partial charge in [0.05, 0.1) is 0 Å². The van der Waals surface area contributed by atoms with Crippen molar-refractivity contribution >= 4 is 11.6 Å². The molecule has 4 heteroatoms. The van der Waals surface area contributed by atoms with Gasteiger partial charge in [0.1, 0.15) is 0 Å². The normalized spacial score (nSPS) is 22.4. The summed E-state index contributed by atoms with van der Waals surface area (Å²) >= 11 is 6.43. The lowest BCUT2D eigenvalue weighted by molar-refractivity contribution is 0.0885. The average Bonchev–Trinajstić information content (AvgIpc) is 3.06. The Bertz CT molecular complexity index is 691. The van der Waals surface area contributed by atoms with Gasteiger partial charge in [-0.2, -0.15) is 0 Å². The maximum atomic E-state index is 6.43. The highest BCUT2D eigenvalue weighted by Gasteiger charge is 2.42. The molecule has 3 rings (SSSR count). The van der Waals surface area contributed by atoms with Gasteiger partial charge < -0.3 is 5.73 Å². The van der Waals surface area contributed by atoms with Crippen LogP contribution in [0.1, 0.15) is 30.5 Å². The van der Waals surface area contributed by atoms with Gasteiger partial charge in [0, 0.05) is 42.8 Å². The van der Waals surface area contributed by atoms with Crippen LogP contribution < -0.4 is 5.73 Å². The van der Waals surface area contributed by atoms with Gasteiger partial charge in [-0.1, -0.05) is 60.1 Å². The number of benzene rings is 2. The van der Waals surface area contributed by atoms with Gasteiger partial charge in [-0.05, 0) is 37.6 Å². The van der Waals surface area contributed by atoms with Gasteiger partial charge in [0.15, 0.2) is 0 Å². The van der Waals surface area contributed by atoms with Crippen molar-refractivity contribution in [2.24, 2.45) is 5.73 Å². The van der Waals surface area contributed by atoms with E-state index in [9.17, 15) is 0 Å². The first-order valence-electron chi connectivity index (χ1n) is 8.99. The van der Waals surface area contributed by atoms with Crippen LogP contribution in [0.15, 0.2) is 54.6 Å². The zero-order valence-corrected chi connectivity index (χ0v) is 15.9. The molecule has 1 heterocycles. The summed E-state index contributed by atoms with van der Waals surface area (Å²) in [4.78, 5) is 4.94. The van der Waals surface area contributed by atoms with Crippen LogP contribution in [0.4, 0.5) is 0 Å². The molecule has 0 radical (unpaired) electrons. The minimum atomic E-state index is -0.00658. The Morgan fingerprint density at radius 3 is 2.52 bits per heavy atom. The number of hydrogen-bond acceptors (Lipinski definition) is 3. The highest BCUT2D eigenvalue weighted by atomic mass is 35.5. The fourth-order valence-electron chi connectivity index (χ4n) is 3.95. The maximum Gasteiger partial charge on any atom is 0.0473 e. The molecule has 1 aliphatic heterocycles. The molecule has 0 saturated carbocycles. The molecule has 0 bridgehead atoms. The summed E-state index contributed by atoms with van der Waals surface area (Å²) in [5.74, 6) is 0. The minimum Gasteiger partial charge on any atom is -0.329 e. The van der Waals surface area contributed by atoms with Gasteiger partial charge in [-0.15, -0.1) is 0 Å². The van der Waals surface area contributed by atoms with Crippen LogP contribution in [0.25, 0.3) is 0 Å². The standard InChI is InChI=1S/C21H28ClN3/c1-17(19-10-6-7-11-20(19)22)24(2)21(15-23)12-13-25(16-21)14-18-8-4-3-5-9-18/h3-11,17H,12-16,23H2,1-2H3. The zero-order valence-electron chi connectivity index (χ0n) is 15.2. The lowest BCUT2D eigenvalue weighted by Crippen LogP contribution is -2.54. The van der Waals surface area contributed by atoms with Crippen LogP contribution in [0.3, 0.4) is 0 Å². The Labute approximate surface area is 156 Å². The van der Waals surface area contributed by atoms with Crippen molar-refractivity contribution in [3.63, 3.8) is 0 Å². The summed E-state index contributed by atoms with van der Waals surface area (Å²) in [6, 6.07) is 19.0. The predicted molar refractivity (Wildman–Crippen MR) is 106 cm³/mol. The molecule has 2 atom stereocenters. The van der Waals surface area contributed by atoms with E-state index in [1.807, 2.05) is 12.1 Å². The molecule has 0 spiro atoms. The van der Waals surface area contributed by atoms with E-state index in [1.165, 1.54) is 11.1 Å². The molecule has 0 aromatic heterocycles. The SMILES string of the molecule is CC(c1ccccc1Cl)N(C)C1(CN)CCN(Cc2ccccc2)C1. The van der Waals surface area contributed by atoms with Crippen molar-refractivity contribution in [1.29, 1.82) is 0 Å². The lowest BCUT2D eigenvalue weighted by atomic mass is 9.93. The molecular weight excluding hydrogens is 330 g/mol. The van der Waals surface area contributed by atoms with Crippen LogP contribution in [-0.2, 0) is 6.54 Å². The second-order valence-corrected chi connectivity index (χ2v) is 7.59. The molecule has 0 amide bonds. The second-order valence-electron chi connectivity index (χ2n) is 7.18. The number of rotatable bonds is 6. The first-order valence-corrected chi connectivity index (χ1v) is 9.37. The van der Waals surface area contributed by atoms with Crippen molar-refractivity contribution in [2.45, 2.75) is 31.5 Å². The molecule has 3 nitrogen and oxygen atoms in total. The van der Waals surface area contributed by atoms with Gasteiger partial charge >= 0.3 is 0 Å². The summed E-state index contributed by atoms with van der Waals surface area (Å²) in [5.41, 5.74) is 8.80. The van der Waals surface area contributed by atoms with Gasteiger partial charge in [0.2, 0.25) is 0 Å². The number of likely N-dealkylation sites (tertiary alicyclic amines) is 1. The van der Waals surface area contributed by atoms with E-state index in [0.717, 1.165) is 31.1 Å². The van der Waals surface area contributed by atoms with Gasteiger partial charge in [0.25, 0.3) is 0 Å². The summed E-state index contributed by atoms with van der Waals surface area (Å²) in [6.07, 6.45) is 1.08. The second kappa shape index (κ2) is 7.88. The van der Waals surface area contributed by atoms with E-state index in [4.69, 9.17) is 17.3 Å². The Balaban J connectivity index is 1.74. The molecule has 1 saturated heterocycles. The van der Waals surface area contributed by atoms with Crippen LogP contribution in [0.2, 0.25) is 5.02 Å². The lowest BCUT2D eigenvalue weighted by Gasteiger charge is -2.42. The van der Waals surface area contributed by atoms with Crippen molar-refractivity contribution in [1.82, 2.24) is 9.80 Å². The fraction of sp³-hybridized carbons (Fsp3) is 0.429. The molecule has 2 aromatic carbocycles. The minimum absolute atomic E-state index is 0.00658. The smallest absolute Gasteiger partial charge is 0.0473 e. The molecule has 2 unspecified atom stereocenters. The van der Waals surface area contributed by atoms with Gasteiger partial charge in [-0.3, -0.25) is 9.80 Å². The van der Waals surface area contributed by atoms with Crippen LogP contribution >= 0.6 is 11.6 Å². The van der Waals surface area contributed by atoms with Crippen molar-refractivity contribution in [3.8, 4) is 0 Å². The predicted octanol–water partition coefficient (Wildman–Crippen LogP) is 3.94. The summed E-state index contributed by atoms with van der Waals surface area (Å²) in [5, 5.41) is 0.827. The molecule has 2 aromatic rings. The molecule has 0 aliphatic carbocycles. The third-order valence-electron chi connectivity index (χ3n) is 5.72. The van der Waals surface area contributed by atoms with Crippen molar-refractivity contribution in [2.75, 3.05) is 26.7 Å². The van der Waals surface area contributed by atoms with Crippen LogP contribution in [0.5, 0.6) is 0 Å². The van der Waals surface area contributed by atoms with E-state index in [1.54, 1.807) is 0 Å². The van der Waals surface area contributed by atoms with Crippen LogP contribution in [-0.4, -0.2) is 42.0 Å². The Hall–Kier alpha value is -1.39. The zero-order chi connectivity index (χ0) is 17.9. The summed E-state index contributed by atoms with van der Waals surface area (Å²) in [6.45, 7) is 5.92. The topological polar surface area (TPSA) is 32.5 Å². The van der Waals surface area contributed by atoms with E-state index in [-0.39, 0.29) is 11.6 Å². The Kier molecular flexibility index (Phi) is 5.80. The molecule has 1 fully saturated rings. The monoisotopic (exact) mass is 357 g/mol. The van der Waals surface area contributed by atoms with Crippen molar-refractivity contribution < 1.29 is 0 Å². The highest BCUT2D eigenvalue weighted by Crippen LogP contribution is 2.35. The molecule has 2 N–H and O–H groups in total. The average molecular weight is 358 g/mol. The quantitative estimate of drug-likeness (QED) is 0.850. The summed E-state index contributed by atoms with van der Waals surface area (Å²) in [7, 11) is 2.19. The molecule has 134 valence electrons. The molecule has 25 heavy (non-hydrogen) atoms. The van der Waals surface area contributed by atoms with Crippen LogP contribution in [0, 0.1) is 0 Å².